The maximum atomic E-state index is 9.07. The monoisotopic (exact) mass is 217 g/mol. The van der Waals surface area contributed by atoms with Crippen LogP contribution >= 0.6 is 0 Å². The average Bonchev–Trinajstić information content (AvgIpc) is 2.29. The molecule has 2 atom stereocenters. The van der Waals surface area contributed by atoms with Crippen molar-refractivity contribution in [3.63, 3.8) is 0 Å². The second kappa shape index (κ2) is 6.31. The van der Waals surface area contributed by atoms with Crippen molar-refractivity contribution in [3.8, 4) is 6.07 Å². The summed E-state index contributed by atoms with van der Waals surface area (Å²) in [6.07, 6.45) is 0.916. The van der Waals surface area contributed by atoms with Gasteiger partial charge in [0.05, 0.1) is 12.0 Å². The van der Waals surface area contributed by atoms with Crippen molar-refractivity contribution in [1.82, 2.24) is 0 Å². The summed E-state index contributed by atoms with van der Waals surface area (Å²) in [6, 6.07) is 11.9. The standard InChI is InChI=1S/C12H16BNO2/c1-2-12(10-6-4-3-5-7-10)11(9-14)8-13(15)16/h3-7,11-12,15-16H,2,8H2,1H3. The Morgan fingerprint density at radius 2 is 1.94 bits per heavy atom. The highest BCUT2D eigenvalue weighted by molar-refractivity contribution is 6.41. The molecular formula is C12H16BNO2. The van der Waals surface area contributed by atoms with Gasteiger partial charge in [0.2, 0.25) is 0 Å². The molecule has 0 spiro atoms. The molecule has 1 aromatic rings. The zero-order valence-electron chi connectivity index (χ0n) is 9.37. The minimum absolute atomic E-state index is 0.0630. The number of rotatable bonds is 5. The van der Waals surface area contributed by atoms with Crippen LogP contribution in [0.3, 0.4) is 0 Å². The van der Waals surface area contributed by atoms with Gasteiger partial charge in [-0.3, -0.25) is 0 Å². The van der Waals surface area contributed by atoms with Gasteiger partial charge in [0.1, 0.15) is 0 Å². The second-order valence-corrected chi connectivity index (χ2v) is 3.88. The first-order valence-corrected chi connectivity index (χ1v) is 5.49. The molecule has 16 heavy (non-hydrogen) atoms. The van der Waals surface area contributed by atoms with Gasteiger partial charge in [0.25, 0.3) is 0 Å². The fourth-order valence-electron chi connectivity index (χ4n) is 1.99. The largest absolute Gasteiger partial charge is 0.452 e. The second-order valence-electron chi connectivity index (χ2n) is 3.88. The van der Waals surface area contributed by atoms with E-state index in [4.69, 9.17) is 15.3 Å². The Morgan fingerprint density at radius 1 is 1.31 bits per heavy atom. The zero-order valence-corrected chi connectivity index (χ0v) is 9.37. The van der Waals surface area contributed by atoms with Crippen molar-refractivity contribution < 1.29 is 10.0 Å². The summed E-state index contributed by atoms with van der Waals surface area (Å²) in [5.41, 5.74) is 1.08. The molecule has 0 aliphatic carbocycles. The van der Waals surface area contributed by atoms with E-state index < -0.39 is 7.12 Å². The lowest BCUT2D eigenvalue weighted by Gasteiger charge is -2.20. The van der Waals surface area contributed by atoms with Gasteiger partial charge >= 0.3 is 7.12 Å². The van der Waals surface area contributed by atoms with Gasteiger partial charge in [-0.25, -0.2) is 0 Å². The molecule has 0 amide bonds. The van der Waals surface area contributed by atoms with Crippen LogP contribution in [-0.2, 0) is 0 Å². The molecule has 0 bridgehead atoms. The van der Waals surface area contributed by atoms with Gasteiger partial charge in [-0.05, 0) is 24.2 Å². The summed E-state index contributed by atoms with van der Waals surface area (Å²) < 4.78 is 0. The number of nitrogens with zero attached hydrogens (tertiary/aromatic N) is 1. The third-order valence-electron chi connectivity index (χ3n) is 2.78. The molecule has 2 N–H and O–H groups in total. The molecular weight excluding hydrogens is 201 g/mol. The Hall–Kier alpha value is -1.31. The van der Waals surface area contributed by atoms with Crippen LogP contribution in [0.25, 0.3) is 0 Å². The predicted molar refractivity (Wildman–Crippen MR) is 63.6 cm³/mol. The number of nitriles is 1. The van der Waals surface area contributed by atoms with Crippen LogP contribution in [0.4, 0.5) is 0 Å². The summed E-state index contributed by atoms with van der Waals surface area (Å²) in [7, 11) is -1.41. The van der Waals surface area contributed by atoms with E-state index in [1.54, 1.807) is 0 Å². The molecule has 1 aromatic carbocycles. The van der Waals surface area contributed by atoms with Crippen LogP contribution < -0.4 is 0 Å². The van der Waals surface area contributed by atoms with Crippen molar-refractivity contribution >= 4 is 7.12 Å². The van der Waals surface area contributed by atoms with Crippen LogP contribution in [0.15, 0.2) is 30.3 Å². The molecule has 0 heterocycles. The highest BCUT2D eigenvalue weighted by Crippen LogP contribution is 2.30. The third kappa shape index (κ3) is 3.37. The Labute approximate surface area is 96.5 Å². The first kappa shape index (κ1) is 12.8. The quantitative estimate of drug-likeness (QED) is 0.739. The predicted octanol–water partition coefficient (Wildman–Crippen LogP) is 1.79. The minimum atomic E-state index is -1.41. The molecule has 3 nitrogen and oxygen atoms in total. The smallest absolute Gasteiger partial charge is 0.427 e. The number of hydrogen-bond acceptors (Lipinski definition) is 3. The van der Waals surface area contributed by atoms with Gasteiger partial charge in [-0.1, -0.05) is 37.3 Å². The van der Waals surface area contributed by atoms with Crippen molar-refractivity contribution in [2.75, 3.05) is 0 Å². The van der Waals surface area contributed by atoms with Gasteiger partial charge in [0, 0.05) is 0 Å². The van der Waals surface area contributed by atoms with Crippen LogP contribution in [0.2, 0.25) is 6.32 Å². The first-order valence-electron chi connectivity index (χ1n) is 5.49. The van der Waals surface area contributed by atoms with Gasteiger partial charge in [-0.2, -0.15) is 5.26 Å². The Kier molecular flexibility index (Phi) is 5.04. The lowest BCUT2D eigenvalue weighted by Crippen LogP contribution is -2.20. The minimum Gasteiger partial charge on any atom is -0.427 e. The molecule has 4 heteroatoms. The molecule has 0 aliphatic heterocycles. The first-order chi connectivity index (χ1) is 7.69. The van der Waals surface area contributed by atoms with E-state index in [0.29, 0.717) is 0 Å². The van der Waals surface area contributed by atoms with Gasteiger partial charge < -0.3 is 10.0 Å². The zero-order chi connectivity index (χ0) is 12.0. The molecule has 0 saturated carbocycles. The molecule has 0 radical (unpaired) electrons. The Morgan fingerprint density at radius 3 is 2.38 bits per heavy atom. The maximum absolute atomic E-state index is 9.07. The molecule has 0 fully saturated rings. The van der Waals surface area contributed by atoms with E-state index >= 15 is 0 Å². The third-order valence-corrected chi connectivity index (χ3v) is 2.78. The molecule has 0 aliphatic rings. The molecule has 2 unspecified atom stereocenters. The highest BCUT2D eigenvalue weighted by atomic mass is 16.4. The van der Waals surface area contributed by atoms with E-state index in [-0.39, 0.29) is 18.2 Å². The van der Waals surface area contributed by atoms with Gasteiger partial charge in [-0.15, -0.1) is 0 Å². The van der Waals surface area contributed by atoms with Gasteiger partial charge in [0.15, 0.2) is 0 Å². The Balaban J connectivity index is 2.85. The lowest BCUT2D eigenvalue weighted by atomic mass is 9.71. The summed E-state index contributed by atoms with van der Waals surface area (Å²) in [6.45, 7) is 2.01. The summed E-state index contributed by atoms with van der Waals surface area (Å²) in [4.78, 5) is 0. The fourth-order valence-corrected chi connectivity index (χ4v) is 1.99. The summed E-state index contributed by atoms with van der Waals surface area (Å²) in [5, 5.41) is 27.0. The van der Waals surface area contributed by atoms with E-state index in [1.807, 2.05) is 37.3 Å². The number of benzene rings is 1. The van der Waals surface area contributed by atoms with E-state index in [1.165, 1.54) is 0 Å². The molecule has 0 aromatic heterocycles. The lowest BCUT2D eigenvalue weighted by molar-refractivity contribution is 0.385. The van der Waals surface area contributed by atoms with E-state index in [0.717, 1.165) is 12.0 Å². The summed E-state index contributed by atoms with van der Waals surface area (Å²) >= 11 is 0. The van der Waals surface area contributed by atoms with Crippen LogP contribution in [0.1, 0.15) is 24.8 Å². The van der Waals surface area contributed by atoms with Crippen molar-refractivity contribution in [2.24, 2.45) is 5.92 Å². The normalized spacial score (nSPS) is 13.9. The SMILES string of the molecule is CCC(c1ccccc1)C(C#N)CB(O)O. The van der Waals surface area contributed by atoms with Crippen molar-refractivity contribution in [2.45, 2.75) is 25.6 Å². The van der Waals surface area contributed by atoms with E-state index in [2.05, 4.69) is 6.07 Å². The maximum Gasteiger partial charge on any atom is 0.452 e. The van der Waals surface area contributed by atoms with E-state index in [9.17, 15) is 0 Å². The fraction of sp³-hybridized carbons (Fsp3) is 0.417. The molecule has 1 rings (SSSR count). The molecule has 0 saturated heterocycles. The van der Waals surface area contributed by atoms with Crippen LogP contribution in [0.5, 0.6) is 0 Å². The van der Waals surface area contributed by atoms with Crippen molar-refractivity contribution in [1.29, 1.82) is 5.26 Å². The van der Waals surface area contributed by atoms with Crippen LogP contribution in [0, 0.1) is 17.2 Å². The summed E-state index contributed by atoms with van der Waals surface area (Å²) in [5.74, 6) is -0.291. The topological polar surface area (TPSA) is 64.2 Å². The molecule has 84 valence electrons. The van der Waals surface area contributed by atoms with Crippen molar-refractivity contribution in [3.05, 3.63) is 35.9 Å². The Bertz CT molecular complexity index is 348. The average molecular weight is 217 g/mol. The number of hydrogen-bond donors (Lipinski definition) is 2. The van der Waals surface area contributed by atoms with Crippen LogP contribution in [-0.4, -0.2) is 17.2 Å². The highest BCUT2D eigenvalue weighted by Gasteiger charge is 2.25.